The molecule has 3 rings (SSSR count). The number of alkyl halides is 2. The maximum atomic E-state index is 12.4. The molecule has 1 fully saturated rings. The molecule has 2 aromatic rings. The van der Waals surface area contributed by atoms with E-state index in [9.17, 15) is 18.4 Å². The minimum absolute atomic E-state index is 0.0535. The van der Waals surface area contributed by atoms with E-state index >= 15 is 0 Å². The predicted molar refractivity (Wildman–Crippen MR) is 113 cm³/mol. The van der Waals surface area contributed by atoms with E-state index in [1.54, 1.807) is 36.2 Å². The van der Waals surface area contributed by atoms with Gasteiger partial charge >= 0.3 is 6.61 Å². The standard InChI is InChI=1S/C23H27F2N3O3/c1-27(15-18-5-4-6-20(13-18)31-23(24)25)16-21(29)26-14-17-7-9-19(10-8-17)22(30)28-11-2-3-12-28/h4-10,13,23H,2-3,11-12,14-16H2,1H3,(H,26,29). The highest BCUT2D eigenvalue weighted by Gasteiger charge is 2.19. The highest BCUT2D eigenvalue weighted by atomic mass is 19.3. The van der Waals surface area contributed by atoms with Crippen LogP contribution in [-0.2, 0) is 17.9 Å². The third kappa shape index (κ3) is 7.03. The molecule has 0 aliphatic carbocycles. The van der Waals surface area contributed by atoms with Gasteiger partial charge in [-0.05, 0) is 55.3 Å². The largest absolute Gasteiger partial charge is 0.435 e. The van der Waals surface area contributed by atoms with Gasteiger partial charge in [-0.2, -0.15) is 8.78 Å². The zero-order valence-corrected chi connectivity index (χ0v) is 17.5. The average Bonchev–Trinajstić information content (AvgIpc) is 3.27. The molecule has 1 heterocycles. The molecule has 1 N–H and O–H groups in total. The van der Waals surface area contributed by atoms with Gasteiger partial charge in [0.2, 0.25) is 5.91 Å². The quantitative estimate of drug-likeness (QED) is 0.662. The van der Waals surface area contributed by atoms with Crippen molar-refractivity contribution in [1.82, 2.24) is 15.1 Å². The van der Waals surface area contributed by atoms with E-state index in [2.05, 4.69) is 10.1 Å². The first-order valence-electron chi connectivity index (χ1n) is 10.3. The fourth-order valence-electron chi connectivity index (χ4n) is 3.56. The van der Waals surface area contributed by atoms with E-state index in [0.29, 0.717) is 18.7 Å². The molecule has 8 heteroatoms. The van der Waals surface area contributed by atoms with Crippen LogP contribution >= 0.6 is 0 Å². The van der Waals surface area contributed by atoms with Crippen molar-refractivity contribution in [2.75, 3.05) is 26.7 Å². The molecule has 0 spiro atoms. The van der Waals surface area contributed by atoms with Crippen LogP contribution in [0.2, 0.25) is 0 Å². The number of carbonyl (C=O) groups excluding carboxylic acids is 2. The highest BCUT2D eigenvalue weighted by Crippen LogP contribution is 2.17. The number of rotatable bonds is 9. The lowest BCUT2D eigenvalue weighted by Gasteiger charge is -2.17. The van der Waals surface area contributed by atoms with Crippen molar-refractivity contribution in [2.24, 2.45) is 0 Å². The first-order chi connectivity index (χ1) is 14.9. The average molecular weight is 431 g/mol. The summed E-state index contributed by atoms with van der Waals surface area (Å²) >= 11 is 0. The first-order valence-corrected chi connectivity index (χ1v) is 10.3. The summed E-state index contributed by atoms with van der Waals surface area (Å²) in [7, 11) is 1.78. The van der Waals surface area contributed by atoms with Gasteiger partial charge in [-0.25, -0.2) is 0 Å². The van der Waals surface area contributed by atoms with Crippen molar-refractivity contribution in [2.45, 2.75) is 32.5 Å². The molecule has 1 saturated heterocycles. The number of benzene rings is 2. The lowest BCUT2D eigenvalue weighted by molar-refractivity contribution is -0.122. The monoisotopic (exact) mass is 431 g/mol. The van der Waals surface area contributed by atoms with Crippen LogP contribution in [0.4, 0.5) is 8.78 Å². The van der Waals surface area contributed by atoms with Gasteiger partial charge in [0.25, 0.3) is 5.91 Å². The first kappa shape index (κ1) is 22.7. The molecule has 166 valence electrons. The summed E-state index contributed by atoms with van der Waals surface area (Å²) in [5.74, 6) is -0.00514. The predicted octanol–water partition coefficient (Wildman–Crippen LogP) is 3.27. The lowest BCUT2D eigenvalue weighted by atomic mass is 10.1. The van der Waals surface area contributed by atoms with Gasteiger partial charge in [0.05, 0.1) is 6.54 Å². The van der Waals surface area contributed by atoms with E-state index in [1.807, 2.05) is 17.0 Å². The number of likely N-dealkylation sites (N-methyl/N-ethyl adjacent to an activating group) is 1. The molecule has 2 aromatic carbocycles. The Balaban J connectivity index is 1.43. The van der Waals surface area contributed by atoms with Crippen LogP contribution < -0.4 is 10.1 Å². The molecule has 31 heavy (non-hydrogen) atoms. The minimum Gasteiger partial charge on any atom is -0.435 e. The SMILES string of the molecule is CN(CC(=O)NCc1ccc(C(=O)N2CCCC2)cc1)Cc1cccc(OC(F)F)c1. The molecule has 0 saturated carbocycles. The maximum absolute atomic E-state index is 12.4. The molecular weight excluding hydrogens is 404 g/mol. The second kappa shape index (κ2) is 10.9. The van der Waals surface area contributed by atoms with Crippen LogP contribution in [0.3, 0.4) is 0 Å². The molecule has 0 radical (unpaired) electrons. The Labute approximate surface area is 180 Å². The normalized spacial score (nSPS) is 13.6. The summed E-state index contributed by atoms with van der Waals surface area (Å²) in [6.07, 6.45) is 2.11. The second-order valence-electron chi connectivity index (χ2n) is 7.67. The van der Waals surface area contributed by atoms with Crippen LogP contribution in [0, 0.1) is 0 Å². The van der Waals surface area contributed by atoms with Crippen LogP contribution in [0.5, 0.6) is 5.75 Å². The fourth-order valence-corrected chi connectivity index (χ4v) is 3.56. The molecule has 0 unspecified atom stereocenters. The van der Waals surface area contributed by atoms with E-state index < -0.39 is 6.61 Å². The number of likely N-dealkylation sites (tertiary alicyclic amines) is 1. The Hall–Kier alpha value is -3.00. The van der Waals surface area contributed by atoms with Gasteiger partial charge in [0.15, 0.2) is 0 Å². The second-order valence-corrected chi connectivity index (χ2v) is 7.67. The minimum atomic E-state index is -2.87. The Morgan fingerprint density at radius 1 is 1.10 bits per heavy atom. The van der Waals surface area contributed by atoms with Crippen LogP contribution in [0.1, 0.15) is 34.3 Å². The van der Waals surface area contributed by atoms with Crippen LogP contribution in [0.25, 0.3) is 0 Å². The van der Waals surface area contributed by atoms with Crippen molar-refractivity contribution in [3.63, 3.8) is 0 Å². The Bertz CT molecular complexity index is 884. The van der Waals surface area contributed by atoms with Gasteiger partial charge in [0, 0.05) is 31.7 Å². The van der Waals surface area contributed by atoms with Gasteiger partial charge in [-0.3, -0.25) is 14.5 Å². The zero-order chi connectivity index (χ0) is 22.2. The number of halogens is 2. The number of hydrogen-bond donors (Lipinski definition) is 1. The zero-order valence-electron chi connectivity index (χ0n) is 17.5. The Morgan fingerprint density at radius 3 is 2.48 bits per heavy atom. The van der Waals surface area contributed by atoms with Crippen molar-refractivity contribution in [3.8, 4) is 5.75 Å². The fraction of sp³-hybridized carbons (Fsp3) is 0.391. The van der Waals surface area contributed by atoms with Gasteiger partial charge in [-0.15, -0.1) is 0 Å². The van der Waals surface area contributed by atoms with Crippen molar-refractivity contribution >= 4 is 11.8 Å². The summed E-state index contributed by atoms with van der Waals surface area (Å²) in [6, 6.07) is 13.7. The summed E-state index contributed by atoms with van der Waals surface area (Å²) in [5, 5.41) is 2.86. The molecule has 1 aliphatic rings. The molecule has 1 aliphatic heterocycles. The van der Waals surface area contributed by atoms with E-state index in [0.717, 1.165) is 37.1 Å². The molecular formula is C23H27F2N3O3. The summed E-state index contributed by atoms with van der Waals surface area (Å²) < 4.78 is 29.1. The highest BCUT2D eigenvalue weighted by molar-refractivity contribution is 5.94. The molecule has 0 aromatic heterocycles. The Morgan fingerprint density at radius 2 is 1.81 bits per heavy atom. The van der Waals surface area contributed by atoms with E-state index in [1.165, 1.54) is 12.1 Å². The third-order valence-electron chi connectivity index (χ3n) is 5.07. The number of ether oxygens (including phenoxy) is 1. The number of hydrogen-bond acceptors (Lipinski definition) is 4. The summed E-state index contributed by atoms with van der Waals surface area (Å²) in [5.41, 5.74) is 2.34. The third-order valence-corrected chi connectivity index (χ3v) is 5.07. The lowest BCUT2D eigenvalue weighted by Crippen LogP contribution is -2.34. The Kier molecular flexibility index (Phi) is 7.94. The van der Waals surface area contributed by atoms with Gasteiger partial charge in [-0.1, -0.05) is 24.3 Å². The smallest absolute Gasteiger partial charge is 0.387 e. The van der Waals surface area contributed by atoms with Crippen molar-refractivity contribution < 1.29 is 23.1 Å². The number of carbonyl (C=O) groups is 2. The molecule has 2 amide bonds. The topological polar surface area (TPSA) is 61.9 Å². The molecule has 0 atom stereocenters. The van der Waals surface area contributed by atoms with E-state index in [4.69, 9.17) is 0 Å². The summed E-state index contributed by atoms with van der Waals surface area (Å²) in [4.78, 5) is 28.3. The van der Waals surface area contributed by atoms with Crippen molar-refractivity contribution in [3.05, 3.63) is 65.2 Å². The molecule has 0 bridgehead atoms. The van der Waals surface area contributed by atoms with Crippen LogP contribution in [-0.4, -0.2) is 54.9 Å². The number of nitrogens with one attached hydrogen (secondary N) is 1. The van der Waals surface area contributed by atoms with Crippen LogP contribution in [0.15, 0.2) is 48.5 Å². The van der Waals surface area contributed by atoms with Gasteiger partial charge < -0.3 is 15.0 Å². The van der Waals surface area contributed by atoms with Crippen molar-refractivity contribution in [1.29, 1.82) is 0 Å². The maximum Gasteiger partial charge on any atom is 0.387 e. The number of nitrogens with zero attached hydrogens (tertiary/aromatic N) is 2. The summed E-state index contributed by atoms with van der Waals surface area (Å²) in [6.45, 7) is -0.303. The molecule has 6 nitrogen and oxygen atoms in total. The van der Waals surface area contributed by atoms with E-state index in [-0.39, 0.29) is 24.1 Å². The van der Waals surface area contributed by atoms with Gasteiger partial charge in [0.1, 0.15) is 5.75 Å². The number of amides is 2.